The molecule has 0 bridgehead atoms. The van der Waals surface area contributed by atoms with Crippen molar-refractivity contribution in [3.63, 3.8) is 0 Å². The average molecular weight is 511 g/mol. The van der Waals surface area contributed by atoms with E-state index in [4.69, 9.17) is 4.98 Å². The average Bonchev–Trinajstić information content (AvgIpc) is 3.54. The smallest absolute Gasteiger partial charge is 0.0992 e. The van der Waals surface area contributed by atoms with Gasteiger partial charge in [0.05, 0.1) is 39.4 Å². The molecule has 4 heteroatoms. The Morgan fingerprint density at radius 3 is 1.48 bits per heavy atom. The third kappa shape index (κ3) is 3.28. The van der Waals surface area contributed by atoms with E-state index < -0.39 is 0 Å². The number of aromatic nitrogens is 3. The molecule has 3 heterocycles. The van der Waals surface area contributed by atoms with Crippen LogP contribution in [0.25, 0.3) is 66.2 Å². The highest BCUT2D eigenvalue weighted by Crippen LogP contribution is 2.35. The van der Waals surface area contributed by atoms with E-state index in [0.29, 0.717) is 5.56 Å². The fourth-order valence-electron chi connectivity index (χ4n) is 6.07. The van der Waals surface area contributed by atoms with Crippen LogP contribution in [0, 0.1) is 11.3 Å². The lowest BCUT2D eigenvalue weighted by Crippen LogP contribution is -1.98. The molecule has 0 aliphatic heterocycles. The zero-order valence-corrected chi connectivity index (χ0v) is 21.5. The number of pyridine rings is 1. The Bertz CT molecular complexity index is 2190. The molecule has 0 amide bonds. The molecule has 0 spiro atoms. The Kier molecular flexibility index (Phi) is 4.85. The lowest BCUT2D eigenvalue weighted by atomic mass is 10.1. The largest absolute Gasteiger partial charge is 0.309 e. The maximum atomic E-state index is 10.0. The number of hydrogen-bond donors (Lipinski definition) is 0. The van der Waals surface area contributed by atoms with Gasteiger partial charge in [0.1, 0.15) is 0 Å². The van der Waals surface area contributed by atoms with Gasteiger partial charge in [-0.05, 0) is 54.6 Å². The summed E-state index contributed by atoms with van der Waals surface area (Å²) in [6.45, 7) is 0. The van der Waals surface area contributed by atoms with Crippen molar-refractivity contribution in [2.24, 2.45) is 0 Å². The van der Waals surface area contributed by atoms with E-state index in [1.54, 1.807) is 0 Å². The lowest BCUT2D eigenvalue weighted by molar-refractivity contribution is 1.15. The fraction of sp³-hybridized carbons (Fsp3) is 0. The van der Waals surface area contributed by atoms with Crippen molar-refractivity contribution in [3.8, 4) is 28.7 Å². The molecule has 0 aliphatic carbocycles. The van der Waals surface area contributed by atoms with Gasteiger partial charge < -0.3 is 9.13 Å². The summed E-state index contributed by atoms with van der Waals surface area (Å²) in [5.74, 6) is 0. The summed E-state index contributed by atoms with van der Waals surface area (Å²) in [6, 6.07) is 46.4. The maximum absolute atomic E-state index is 10.0. The molecule has 0 unspecified atom stereocenters. The monoisotopic (exact) mass is 510 g/mol. The first-order valence-electron chi connectivity index (χ1n) is 13.3. The number of rotatable bonds is 3. The van der Waals surface area contributed by atoms with E-state index >= 15 is 0 Å². The zero-order chi connectivity index (χ0) is 26.6. The highest BCUT2D eigenvalue weighted by Gasteiger charge is 2.15. The van der Waals surface area contributed by atoms with Gasteiger partial charge in [0.15, 0.2) is 0 Å². The number of fused-ring (bicyclic) bond motifs is 6. The van der Waals surface area contributed by atoms with E-state index in [-0.39, 0.29) is 0 Å². The van der Waals surface area contributed by atoms with E-state index in [2.05, 4.69) is 124 Å². The van der Waals surface area contributed by atoms with Crippen LogP contribution >= 0.6 is 0 Å². The molecule has 40 heavy (non-hydrogen) atoms. The quantitative estimate of drug-likeness (QED) is 0.238. The highest BCUT2D eigenvalue weighted by atomic mass is 15.0. The number of nitrogens with zero attached hydrogens (tertiary/aromatic N) is 4. The van der Waals surface area contributed by atoms with Gasteiger partial charge in [-0.25, -0.2) is 0 Å². The Morgan fingerprint density at radius 1 is 0.500 bits per heavy atom. The predicted octanol–water partition coefficient (Wildman–Crippen LogP) is 8.81. The predicted molar refractivity (Wildman–Crippen MR) is 163 cm³/mol. The maximum Gasteiger partial charge on any atom is 0.0992 e. The van der Waals surface area contributed by atoms with E-state index in [1.165, 1.54) is 21.5 Å². The zero-order valence-electron chi connectivity index (χ0n) is 21.5. The summed E-state index contributed by atoms with van der Waals surface area (Å²) in [6.07, 6.45) is 1.85. The fourth-order valence-corrected chi connectivity index (χ4v) is 6.07. The van der Waals surface area contributed by atoms with Crippen LogP contribution in [-0.4, -0.2) is 14.1 Å². The molecule has 5 aromatic carbocycles. The summed E-state index contributed by atoms with van der Waals surface area (Å²) in [4.78, 5) is 4.77. The van der Waals surface area contributed by atoms with Crippen LogP contribution < -0.4 is 0 Å². The second-order valence-electron chi connectivity index (χ2n) is 10.0. The minimum atomic E-state index is 0.596. The van der Waals surface area contributed by atoms with Crippen molar-refractivity contribution in [2.75, 3.05) is 0 Å². The third-order valence-electron chi connectivity index (χ3n) is 7.76. The van der Waals surface area contributed by atoms with Crippen molar-refractivity contribution < 1.29 is 0 Å². The summed E-state index contributed by atoms with van der Waals surface area (Å²) in [5.41, 5.74) is 8.80. The molecule has 8 aromatic rings. The Morgan fingerprint density at radius 2 is 0.975 bits per heavy atom. The first-order valence-corrected chi connectivity index (χ1v) is 13.3. The van der Waals surface area contributed by atoms with Crippen LogP contribution in [0.4, 0.5) is 0 Å². The van der Waals surface area contributed by atoms with Gasteiger partial charge in [-0.15, -0.1) is 0 Å². The lowest BCUT2D eigenvalue weighted by Gasteiger charge is -2.13. The molecular formula is C36H22N4. The van der Waals surface area contributed by atoms with Gasteiger partial charge in [-0.1, -0.05) is 72.8 Å². The first kappa shape index (κ1) is 22.3. The molecule has 0 aliphatic rings. The minimum Gasteiger partial charge on any atom is -0.309 e. The van der Waals surface area contributed by atoms with Crippen molar-refractivity contribution in [3.05, 3.63) is 139 Å². The minimum absolute atomic E-state index is 0.596. The van der Waals surface area contributed by atoms with Crippen LogP contribution in [-0.2, 0) is 0 Å². The molecule has 0 radical (unpaired) electrons. The number of nitriles is 1. The van der Waals surface area contributed by atoms with Gasteiger partial charge in [-0.3, -0.25) is 4.98 Å². The molecule has 8 rings (SSSR count). The van der Waals surface area contributed by atoms with E-state index in [1.807, 2.05) is 24.4 Å². The van der Waals surface area contributed by atoms with Crippen molar-refractivity contribution in [1.82, 2.24) is 14.1 Å². The van der Waals surface area contributed by atoms with Gasteiger partial charge in [0, 0.05) is 44.7 Å². The van der Waals surface area contributed by atoms with Crippen LogP contribution in [0.5, 0.6) is 0 Å². The van der Waals surface area contributed by atoms with Crippen LogP contribution in [0.3, 0.4) is 0 Å². The van der Waals surface area contributed by atoms with Crippen LogP contribution in [0.2, 0.25) is 0 Å². The highest BCUT2D eigenvalue weighted by molar-refractivity contribution is 6.10. The topological polar surface area (TPSA) is 46.5 Å². The summed E-state index contributed by atoms with van der Waals surface area (Å²) in [5, 5.41) is 14.8. The van der Waals surface area contributed by atoms with Crippen molar-refractivity contribution >= 4 is 43.6 Å². The molecule has 3 aromatic heterocycles. The molecule has 0 saturated heterocycles. The first-order chi connectivity index (χ1) is 19.8. The number of para-hydroxylation sites is 4. The molecular weight excluding hydrogens is 488 g/mol. The van der Waals surface area contributed by atoms with Crippen LogP contribution in [0.15, 0.2) is 134 Å². The van der Waals surface area contributed by atoms with Crippen LogP contribution in [0.1, 0.15) is 5.56 Å². The number of hydrogen-bond acceptors (Lipinski definition) is 2. The molecule has 0 N–H and O–H groups in total. The van der Waals surface area contributed by atoms with Gasteiger partial charge >= 0.3 is 0 Å². The Balaban J connectivity index is 1.36. The summed E-state index contributed by atoms with van der Waals surface area (Å²) >= 11 is 0. The molecule has 186 valence electrons. The normalized spacial score (nSPS) is 11.5. The van der Waals surface area contributed by atoms with Crippen molar-refractivity contribution in [1.29, 1.82) is 5.26 Å². The van der Waals surface area contributed by atoms with Gasteiger partial charge in [0.2, 0.25) is 0 Å². The van der Waals surface area contributed by atoms with Gasteiger partial charge in [0.25, 0.3) is 0 Å². The Hall–Kier alpha value is -5.66. The molecule has 0 saturated carbocycles. The van der Waals surface area contributed by atoms with Crippen molar-refractivity contribution in [2.45, 2.75) is 0 Å². The molecule has 4 nitrogen and oxygen atoms in total. The summed E-state index contributed by atoms with van der Waals surface area (Å²) < 4.78 is 4.53. The van der Waals surface area contributed by atoms with Gasteiger partial charge in [-0.2, -0.15) is 5.26 Å². The molecule has 0 atom stereocenters. The Labute approximate surface area is 230 Å². The number of benzene rings is 5. The second-order valence-corrected chi connectivity index (χ2v) is 10.0. The summed E-state index contributed by atoms with van der Waals surface area (Å²) in [7, 11) is 0. The standard InChI is InChI=1S/C36H22N4/c37-23-24-19-25(21-27(20-24)40-35-15-7-3-11-30(35)31-12-4-8-16-36(31)40)32-22-26(17-18-38-32)39-33-13-5-1-9-28(33)29-10-2-6-14-34(29)39/h1-22H. The molecule has 0 fully saturated rings. The third-order valence-corrected chi connectivity index (χ3v) is 7.76. The SMILES string of the molecule is N#Cc1cc(-c2cc(-n3c4ccccc4c4ccccc43)ccn2)cc(-n2c3ccccc3c3ccccc32)c1. The van der Waals surface area contributed by atoms with E-state index in [0.717, 1.165) is 44.7 Å². The van der Waals surface area contributed by atoms with E-state index in [9.17, 15) is 5.26 Å². The second kappa shape index (κ2) is 8.69.